The van der Waals surface area contributed by atoms with Gasteiger partial charge in [0.2, 0.25) is 0 Å². The summed E-state index contributed by atoms with van der Waals surface area (Å²) < 4.78 is 1.04. The van der Waals surface area contributed by atoms with E-state index in [1.54, 1.807) is 0 Å². The number of carbonyl (C=O) groups is 1. The van der Waals surface area contributed by atoms with Crippen molar-refractivity contribution >= 4 is 5.91 Å². The van der Waals surface area contributed by atoms with E-state index in [2.05, 4.69) is 21.0 Å². The van der Waals surface area contributed by atoms with Gasteiger partial charge in [0.15, 0.2) is 0 Å². The van der Waals surface area contributed by atoms with Crippen molar-refractivity contribution in [3.63, 3.8) is 0 Å². The number of amides is 1. The van der Waals surface area contributed by atoms with Crippen LogP contribution < -0.4 is 0 Å². The highest BCUT2D eigenvalue weighted by atomic mass is 16.2. The van der Waals surface area contributed by atoms with Gasteiger partial charge in [-0.25, -0.2) is 5.01 Å². The van der Waals surface area contributed by atoms with E-state index in [4.69, 9.17) is 0 Å². The first-order chi connectivity index (χ1) is 17.4. The van der Waals surface area contributed by atoms with Crippen molar-refractivity contribution in [3.8, 4) is 0 Å². The molecule has 0 heterocycles. The van der Waals surface area contributed by atoms with Crippen LogP contribution in [0.3, 0.4) is 0 Å². The number of nitrogens with zero attached hydrogens (tertiary/aromatic N) is 3. The van der Waals surface area contributed by atoms with Crippen molar-refractivity contribution in [2.24, 2.45) is 0 Å². The van der Waals surface area contributed by atoms with Crippen LogP contribution in [-0.4, -0.2) is 68.2 Å². The van der Waals surface area contributed by atoms with Crippen LogP contribution >= 0.6 is 0 Å². The van der Waals surface area contributed by atoms with Crippen LogP contribution in [0.5, 0.6) is 0 Å². The normalized spacial score (nSPS) is 11.8. The first kappa shape index (κ1) is 32.6. The van der Waals surface area contributed by atoms with Gasteiger partial charge in [-0.3, -0.25) is 9.80 Å². The van der Waals surface area contributed by atoms with E-state index >= 15 is 0 Å². The molecule has 0 N–H and O–H groups in total. The molecule has 4 heteroatoms. The van der Waals surface area contributed by atoms with E-state index in [0.717, 1.165) is 29.6 Å². The van der Waals surface area contributed by atoms with Gasteiger partial charge in [-0.1, -0.05) is 115 Å². The predicted octanol–water partition coefficient (Wildman–Crippen LogP) is 8.33. The van der Waals surface area contributed by atoms with Crippen LogP contribution in [0.4, 0.5) is 0 Å². The largest absolute Gasteiger partial charge is 0.328 e. The zero-order valence-electron chi connectivity index (χ0n) is 24.8. The van der Waals surface area contributed by atoms with E-state index < -0.39 is 0 Å². The van der Waals surface area contributed by atoms with Gasteiger partial charge in [-0.15, -0.1) is 0 Å². The minimum atomic E-state index is 0.0868. The zero-order valence-corrected chi connectivity index (χ0v) is 24.8. The summed E-state index contributed by atoms with van der Waals surface area (Å²) in [5.41, 5.74) is 0.758. The van der Waals surface area contributed by atoms with Gasteiger partial charge in [0.05, 0.1) is 27.2 Å². The Morgan fingerprint density at radius 2 is 1.06 bits per heavy atom. The van der Waals surface area contributed by atoms with Gasteiger partial charge in [-0.2, -0.15) is 0 Å². The molecule has 0 aliphatic rings. The number of rotatable bonds is 23. The Labute approximate surface area is 225 Å². The van der Waals surface area contributed by atoms with Gasteiger partial charge in [0, 0.05) is 32.6 Å². The molecule has 0 aromatic heterocycles. The maximum atomic E-state index is 12.9. The van der Waals surface area contributed by atoms with E-state index in [1.807, 2.05) is 54.4 Å². The van der Waals surface area contributed by atoms with E-state index in [-0.39, 0.29) is 5.91 Å². The molecular formula is C32H60N3O+. The Morgan fingerprint density at radius 1 is 0.639 bits per heavy atom. The van der Waals surface area contributed by atoms with E-state index in [9.17, 15) is 4.79 Å². The number of quaternary nitrogens is 1. The molecule has 1 aromatic carbocycles. The Bertz CT molecular complexity index is 644. The summed E-state index contributed by atoms with van der Waals surface area (Å²) in [5, 5.41) is 3.79. The third kappa shape index (κ3) is 16.4. The highest BCUT2D eigenvalue weighted by Crippen LogP contribution is 2.15. The molecule has 0 unspecified atom stereocenters. The molecule has 208 valence electrons. The maximum absolute atomic E-state index is 12.9. The summed E-state index contributed by atoms with van der Waals surface area (Å²) in [6.45, 7) is 5.39. The second-order valence-electron chi connectivity index (χ2n) is 11.7. The molecule has 4 nitrogen and oxygen atoms in total. The molecule has 0 aliphatic carbocycles. The first-order valence-corrected chi connectivity index (χ1v) is 15.2. The maximum Gasteiger partial charge on any atom is 0.268 e. The molecule has 0 fully saturated rings. The lowest BCUT2D eigenvalue weighted by Crippen LogP contribution is -2.46. The molecule has 0 aliphatic heterocycles. The lowest BCUT2D eigenvalue weighted by Gasteiger charge is -2.33. The molecule has 0 bridgehead atoms. The van der Waals surface area contributed by atoms with Crippen molar-refractivity contribution in [1.82, 2.24) is 10.0 Å². The molecule has 0 saturated heterocycles. The van der Waals surface area contributed by atoms with Crippen LogP contribution in [0.1, 0.15) is 126 Å². The Kier molecular flexibility index (Phi) is 18.7. The lowest BCUT2D eigenvalue weighted by molar-refractivity contribution is -0.890. The van der Waals surface area contributed by atoms with Crippen LogP contribution in [0.2, 0.25) is 0 Å². The Balaban J connectivity index is 2.02. The first-order valence-electron chi connectivity index (χ1n) is 15.2. The second-order valence-corrected chi connectivity index (χ2v) is 11.7. The third-order valence-electron chi connectivity index (χ3n) is 7.49. The molecule has 0 saturated carbocycles. The quantitative estimate of drug-likeness (QED) is 0.0853. The Hall–Kier alpha value is -1.39. The van der Waals surface area contributed by atoms with Crippen molar-refractivity contribution in [1.29, 1.82) is 0 Å². The van der Waals surface area contributed by atoms with Crippen LogP contribution in [-0.2, 0) is 0 Å². The second kappa shape index (κ2) is 20.6. The number of hydrogen-bond acceptors (Lipinski definition) is 2. The molecule has 0 radical (unpaired) electrons. The summed E-state index contributed by atoms with van der Waals surface area (Å²) in [5.74, 6) is 0.0868. The summed E-state index contributed by atoms with van der Waals surface area (Å²) >= 11 is 0. The van der Waals surface area contributed by atoms with Gasteiger partial charge in [-0.05, 0) is 25.0 Å². The number of carbonyl (C=O) groups excluding carboxylic acids is 1. The number of benzene rings is 1. The van der Waals surface area contributed by atoms with Crippen LogP contribution in [0, 0.1) is 0 Å². The van der Waals surface area contributed by atoms with Crippen LogP contribution in [0.25, 0.3) is 0 Å². The fourth-order valence-corrected chi connectivity index (χ4v) is 5.06. The summed E-state index contributed by atoms with van der Waals surface area (Å²) in [4.78, 5) is 12.9. The summed E-state index contributed by atoms with van der Waals surface area (Å²) in [7, 11) is 8.59. The molecule has 0 atom stereocenters. The minimum Gasteiger partial charge on any atom is -0.328 e. The van der Waals surface area contributed by atoms with E-state index in [1.165, 1.54) is 109 Å². The summed E-state index contributed by atoms with van der Waals surface area (Å²) in [6, 6.07) is 9.61. The molecule has 0 spiro atoms. The average molecular weight is 503 g/mol. The fraction of sp³-hybridized carbons (Fsp3) is 0.781. The lowest BCUT2D eigenvalue weighted by atomic mass is 10.0. The molecule has 1 amide bonds. The fourth-order valence-electron chi connectivity index (χ4n) is 5.06. The smallest absolute Gasteiger partial charge is 0.268 e. The topological polar surface area (TPSA) is 23.6 Å². The highest BCUT2D eigenvalue weighted by molar-refractivity contribution is 5.93. The Morgan fingerprint density at radius 3 is 1.50 bits per heavy atom. The number of hydrogen-bond donors (Lipinski definition) is 0. The average Bonchev–Trinajstić information content (AvgIpc) is 2.86. The van der Waals surface area contributed by atoms with Crippen LogP contribution in [0.15, 0.2) is 30.3 Å². The van der Waals surface area contributed by atoms with Gasteiger partial charge < -0.3 is 4.48 Å². The zero-order chi connectivity index (χ0) is 26.5. The standard InChI is InChI=1S/C32H60N3O/c1-6-7-8-9-10-11-12-13-14-15-16-17-18-19-20-24-29-35(4,5)30-25-28-34(33(2)3)32(36)31-26-22-21-23-27-31/h21-23,26-27H,6-20,24-25,28-30H2,1-5H3/q+1. The molecule has 1 rings (SSSR count). The van der Waals surface area contributed by atoms with E-state index in [0.29, 0.717) is 0 Å². The number of unbranched alkanes of at least 4 members (excludes halogenated alkanes) is 15. The van der Waals surface area contributed by atoms with Crippen molar-refractivity contribution < 1.29 is 9.28 Å². The molecular weight excluding hydrogens is 442 g/mol. The highest BCUT2D eigenvalue weighted by Gasteiger charge is 2.20. The minimum absolute atomic E-state index is 0.0868. The third-order valence-corrected chi connectivity index (χ3v) is 7.49. The van der Waals surface area contributed by atoms with Gasteiger partial charge >= 0.3 is 0 Å². The monoisotopic (exact) mass is 502 g/mol. The summed E-state index contributed by atoms with van der Waals surface area (Å²) in [6.07, 6.45) is 23.7. The predicted molar refractivity (Wildman–Crippen MR) is 157 cm³/mol. The SMILES string of the molecule is CCCCCCCCCCCCCCCCCC[N+](C)(C)CCCN(C(=O)c1ccccc1)N(C)C. The molecule has 1 aromatic rings. The van der Waals surface area contributed by atoms with Crippen molar-refractivity contribution in [3.05, 3.63) is 35.9 Å². The van der Waals surface area contributed by atoms with Gasteiger partial charge in [0.25, 0.3) is 5.91 Å². The van der Waals surface area contributed by atoms with Gasteiger partial charge in [0.1, 0.15) is 0 Å². The number of hydrazine groups is 1. The van der Waals surface area contributed by atoms with Crippen molar-refractivity contribution in [2.45, 2.75) is 116 Å². The van der Waals surface area contributed by atoms with Crippen molar-refractivity contribution in [2.75, 3.05) is 47.8 Å². The molecule has 36 heavy (non-hydrogen) atoms.